The van der Waals surface area contributed by atoms with E-state index in [9.17, 15) is 18.0 Å². The van der Waals surface area contributed by atoms with Gasteiger partial charge in [-0.05, 0) is 38.1 Å². The third-order valence-electron chi connectivity index (χ3n) is 3.62. The summed E-state index contributed by atoms with van der Waals surface area (Å²) in [7, 11) is -3.89. The Labute approximate surface area is 149 Å². The van der Waals surface area contributed by atoms with E-state index in [2.05, 4.69) is 4.72 Å². The van der Waals surface area contributed by atoms with Crippen LogP contribution in [0.25, 0.3) is 11.1 Å². The molecular formula is C17H16N2O6S. The van der Waals surface area contributed by atoms with Crippen molar-refractivity contribution in [2.45, 2.75) is 18.7 Å². The van der Waals surface area contributed by atoms with Gasteiger partial charge in [-0.1, -0.05) is 17.7 Å². The quantitative estimate of drug-likeness (QED) is 0.750. The van der Waals surface area contributed by atoms with Crippen molar-refractivity contribution in [3.05, 3.63) is 58.6 Å². The van der Waals surface area contributed by atoms with Gasteiger partial charge in [0.15, 0.2) is 5.58 Å². The number of oxazole rings is 1. The fraction of sp³-hybridized carbons (Fsp3) is 0.176. The second-order valence-electron chi connectivity index (χ2n) is 5.50. The number of carbonyl (C=O) groups excluding carboxylic acids is 1. The zero-order chi connectivity index (χ0) is 18.9. The average molecular weight is 376 g/mol. The second-order valence-corrected chi connectivity index (χ2v) is 7.19. The maximum atomic E-state index is 12.5. The molecule has 0 aliphatic heterocycles. The molecule has 9 heteroatoms. The fourth-order valence-electron chi connectivity index (χ4n) is 2.36. The number of benzene rings is 2. The van der Waals surface area contributed by atoms with Crippen molar-refractivity contribution in [1.29, 1.82) is 0 Å². The van der Waals surface area contributed by atoms with Crippen molar-refractivity contribution >= 4 is 32.9 Å². The highest BCUT2D eigenvalue weighted by Gasteiger charge is 2.21. The summed E-state index contributed by atoms with van der Waals surface area (Å²) in [6, 6.07) is 10.6. The van der Waals surface area contributed by atoms with Gasteiger partial charge in [0.1, 0.15) is 5.52 Å². The van der Waals surface area contributed by atoms with E-state index in [1.165, 1.54) is 18.2 Å². The molecule has 136 valence electrons. The lowest BCUT2D eigenvalue weighted by molar-refractivity contribution is 0.153. The van der Waals surface area contributed by atoms with E-state index in [1.54, 1.807) is 31.2 Å². The van der Waals surface area contributed by atoms with Crippen LogP contribution in [0.3, 0.4) is 0 Å². The lowest BCUT2D eigenvalue weighted by Crippen LogP contribution is -2.23. The number of fused-ring (bicyclic) bond motifs is 1. The summed E-state index contributed by atoms with van der Waals surface area (Å²) >= 11 is 0. The molecule has 0 radical (unpaired) electrons. The number of nitrogens with zero attached hydrogens (tertiary/aromatic N) is 1. The fourth-order valence-corrected chi connectivity index (χ4v) is 3.44. The number of nitrogens with one attached hydrogen (secondary N) is 1. The van der Waals surface area contributed by atoms with Crippen LogP contribution in [0.2, 0.25) is 0 Å². The molecule has 0 spiro atoms. The monoisotopic (exact) mass is 376 g/mol. The van der Waals surface area contributed by atoms with Gasteiger partial charge in [0.2, 0.25) is 0 Å². The molecule has 0 aliphatic rings. The molecule has 8 nitrogen and oxygen atoms in total. The first-order valence-electron chi connectivity index (χ1n) is 7.74. The van der Waals surface area contributed by atoms with Crippen LogP contribution in [0.5, 0.6) is 0 Å². The lowest BCUT2D eigenvalue weighted by atomic mass is 10.2. The van der Waals surface area contributed by atoms with E-state index in [0.29, 0.717) is 10.3 Å². The van der Waals surface area contributed by atoms with Gasteiger partial charge in [-0.25, -0.2) is 18.0 Å². The van der Waals surface area contributed by atoms with Crippen molar-refractivity contribution < 1.29 is 22.4 Å². The zero-order valence-corrected chi connectivity index (χ0v) is 14.9. The third kappa shape index (κ3) is 3.33. The maximum absolute atomic E-state index is 12.5. The van der Waals surface area contributed by atoms with Crippen LogP contribution in [0, 0.1) is 6.92 Å². The van der Waals surface area contributed by atoms with E-state index >= 15 is 0 Å². The van der Waals surface area contributed by atoms with Gasteiger partial charge >= 0.3 is 11.8 Å². The van der Waals surface area contributed by atoms with Crippen LogP contribution in [-0.2, 0) is 14.8 Å². The molecule has 0 fully saturated rings. The summed E-state index contributed by atoms with van der Waals surface area (Å²) < 4.78 is 38.0. The van der Waals surface area contributed by atoms with E-state index in [-0.39, 0.29) is 22.6 Å². The Bertz CT molecular complexity index is 1130. The van der Waals surface area contributed by atoms with Gasteiger partial charge in [0.05, 0.1) is 11.5 Å². The standard InChI is InChI=1S/C17H16N2O6S/c1-3-24-16(20)19-14-9-8-13(10-15(14)25-17(19)21)26(22,23)18-12-6-4-11(2)5-7-12/h4-10,18H,3H2,1-2H3. The van der Waals surface area contributed by atoms with Crippen LogP contribution < -0.4 is 10.5 Å². The third-order valence-corrected chi connectivity index (χ3v) is 5.00. The maximum Gasteiger partial charge on any atom is 0.429 e. The smallest absolute Gasteiger partial charge is 0.429 e. The van der Waals surface area contributed by atoms with Crippen molar-refractivity contribution in [3.63, 3.8) is 0 Å². The Hall–Kier alpha value is -3.07. The van der Waals surface area contributed by atoms with E-state index in [0.717, 1.165) is 5.56 Å². The molecular weight excluding hydrogens is 360 g/mol. The first-order valence-corrected chi connectivity index (χ1v) is 9.22. The summed E-state index contributed by atoms with van der Waals surface area (Å²) in [4.78, 5) is 23.6. The van der Waals surface area contributed by atoms with Gasteiger partial charge in [-0.15, -0.1) is 0 Å². The van der Waals surface area contributed by atoms with Gasteiger partial charge in [0, 0.05) is 11.8 Å². The van der Waals surface area contributed by atoms with Gasteiger partial charge in [0.25, 0.3) is 10.0 Å². The first-order chi connectivity index (χ1) is 12.3. The van der Waals surface area contributed by atoms with E-state index < -0.39 is 21.9 Å². The summed E-state index contributed by atoms with van der Waals surface area (Å²) in [6.45, 7) is 3.58. The number of aryl methyl sites for hydroxylation is 1. The Balaban J connectivity index is 1.99. The first kappa shape index (κ1) is 17.7. The van der Waals surface area contributed by atoms with Crippen LogP contribution in [-0.4, -0.2) is 25.7 Å². The molecule has 0 aliphatic carbocycles. The molecule has 0 bridgehead atoms. The van der Waals surface area contributed by atoms with Crippen molar-refractivity contribution in [1.82, 2.24) is 4.57 Å². The lowest BCUT2D eigenvalue weighted by Gasteiger charge is -2.08. The number of hydrogen-bond acceptors (Lipinski definition) is 6. The summed E-state index contributed by atoms with van der Waals surface area (Å²) in [5.74, 6) is -0.945. The topological polar surface area (TPSA) is 108 Å². The number of hydrogen-bond donors (Lipinski definition) is 1. The molecule has 0 unspecified atom stereocenters. The number of sulfonamides is 1. The second kappa shape index (κ2) is 6.68. The normalized spacial score (nSPS) is 11.5. The average Bonchev–Trinajstić information content (AvgIpc) is 2.92. The van der Waals surface area contributed by atoms with Crippen molar-refractivity contribution in [2.24, 2.45) is 0 Å². The van der Waals surface area contributed by atoms with Gasteiger partial charge in [-0.2, -0.15) is 4.57 Å². The zero-order valence-electron chi connectivity index (χ0n) is 14.1. The molecule has 3 rings (SSSR count). The minimum absolute atomic E-state index is 0.0326. The number of aromatic nitrogens is 1. The Kier molecular flexibility index (Phi) is 4.56. The van der Waals surface area contributed by atoms with Crippen LogP contribution in [0.4, 0.5) is 10.5 Å². The minimum Gasteiger partial charge on any atom is -0.449 e. The number of rotatable bonds is 4. The molecule has 1 heterocycles. The molecule has 26 heavy (non-hydrogen) atoms. The molecule has 0 atom stereocenters. The van der Waals surface area contributed by atoms with E-state index in [1.807, 2.05) is 6.92 Å². The van der Waals surface area contributed by atoms with Crippen molar-refractivity contribution in [2.75, 3.05) is 11.3 Å². The highest BCUT2D eigenvalue weighted by molar-refractivity contribution is 7.92. The van der Waals surface area contributed by atoms with Crippen LogP contribution in [0.15, 0.2) is 56.6 Å². The number of anilines is 1. The highest BCUT2D eigenvalue weighted by atomic mass is 32.2. The van der Waals surface area contributed by atoms with Crippen LogP contribution in [0.1, 0.15) is 12.5 Å². The SMILES string of the molecule is CCOC(=O)n1c(=O)oc2cc(S(=O)(=O)Nc3ccc(C)cc3)ccc21. The largest absolute Gasteiger partial charge is 0.449 e. The molecule has 0 saturated heterocycles. The van der Waals surface area contributed by atoms with Gasteiger partial charge < -0.3 is 9.15 Å². The Morgan fingerprint density at radius 3 is 2.54 bits per heavy atom. The highest BCUT2D eigenvalue weighted by Crippen LogP contribution is 2.21. The number of carbonyl (C=O) groups is 1. The number of ether oxygens (including phenoxy) is 1. The molecule has 0 saturated carbocycles. The molecule has 2 aromatic carbocycles. The molecule has 0 amide bonds. The minimum atomic E-state index is -3.89. The summed E-state index contributed by atoms with van der Waals surface area (Å²) in [5.41, 5.74) is 1.50. The Morgan fingerprint density at radius 1 is 1.19 bits per heavy atom. The molecule has 1 aromatic heterocycles. The molecule has 1 N–H and O–H groups in total. The summed E-state index contributed by atoms with van der Waals surface area (Å²) in [6.07, 6.45) is -0.885. The van der Waals surface area contributed by atoms with Crippen molar-refractivity contribution in [3.8, 4) is 0 Å². The van der Waals surface area contributed by atoms with Gasteiger partial charge in [-0.3, -0.25) is 4.72 Å². The van der Waals surface area contributed by atoms with Crippen LogP contribution >= 0.6 is 0 Å². The van der Waals surface area contributed by atoms with E-state index in [4.69, 9.17) is 9.15 Å². The predicted octanol–water partition coefficient (Wildman–Crippen LogP) is 2.71. The summed E-state index contributed by atoms with van der Waals surface area (Å²) in [5, 5.41) is 0. The Morgan fingerprint density at radius 2 is 1.88 bits per heavy atom. The predicted molar refractivity (Wildman–Crippen MR) is 94.9 cm³/mol. The molecule has 3 aromatic rings.